The van der Waals surface area contributed by atoms with E-state index in [9.17, 15) is 9.59 Å². The molecule has 1 aromatic carbocycles. The fourth-order valence-corrected chi connectivity index (χ4v) is 3.98. The molecule has 2 fully saturated rings. The SMILES string of the molecule is O=C(CN1CCCN(C(=O)c2cc(Br)ccc2Cl)CC1)N1CCCC1. The van der Waals surface area contributed by atoms with Gasteiger partial charge in [0.25, 0.3) is 5.91 Å². The minimum Gasteiger partial charge on any atom is -0.342 e. The number of nitrogens with zero attached hydrogens (tertiary/aromatic N) is 3. The highest BCUT2D eigenvalue weighted by molar-refractivity contribution is 9.10. The monoisotopic (exact) mass is 427 g/mol. The van der Waals surface area contributed by atoms with Crippen LogP contribution >= 0.6 is 27.5 Å². The molecule has 2 amide bonds. The first-order valence-corrected chi connectivity index (χ1v) is 9.96. The number of hydrogen-bond donors (Lipinski definition) is 0. The second-order valence-electron chi connectivity index (χ2n) is 6.63. The van der Waals surface area contributed by atoms with Crippen LogP contribution in [0.5, 0.6) is 0 Å². The van der Waals surface area contributed by atoms with Gasteiger partial charge in [0.05, 0.1) is 17.1 Å². The summed E-state index contributed by atoms with van der Waals surface area (Å²) in [5.74, 6) is 0.173. The summed E-state index contributed by atoms with van der Waals surface area (Å²) < 4.78 is 0.841. The van der Waals surface area contributed by atoms with Crippen LogP contribution in [0.4, 0.5) is 0 Å². The van der Waals surface area contributed by atoms with Crippen molar-refractivity contribution in [2.24, 2.45) is 0 Å². The minimum atomic E-state index is -0.0426. The van der Waals surface area contributed by atoms with E-state index in [1.807, 2.05) is 15.9 Å². The van der Waals surface area contributed by atoms with Gasteiger partial charge in [0, 0.05) is 43.7 Å². The summed E-state index contributed by atoms with van der Waals surface area (Å²) in [6.45, 7) is 5.11. The number of benzene rings is 1. The number of carbonyl (C=O) groups excluding carboxylic acids is 2. The Kier molecular flexibility index (Phi) is 6.36. The third kappa shape index (κ3) is 4.74. The molecule has 136 valence electrons. The van der Waals surface area contributed by atoms with E-state index in [1.54, 1.807) is 12.1 Å². The Morgan fingerprint density at radius 2 is 1.68 bits per heavy atom. The van der Waals surface area contributed by atoms with Crippen LogP contribution in [0.3, 0.4) is 0 Å². The van der Waals surface area contributed by atoms with Crippen LogP contribution < -0.4 is 0 Å². The fourth-order valence-electron chi connectivity index (χ4n) is 3.42. The quantitative estimate of drug-likeness (QED) is 0.743. The van der Waals surface area contributed by atoms with Gasteiger partial charge in [-0.1, -0.05) is 27.5 Å². The van der Waals surface area contributed by atoms with Crippen molar-refractivity contribution in [1.82, 2.24) is 14.7 Å². The first kappa shape index (κ1) is 18.7. The molecule has 5 nitrogen and oxygen atoms in total. The molecule has 7 heteroatoms. The number of rotatable bonds is 3. The summed E-state index contributed by atoms with van der Waals surface area (Å²) in [5.41, 5.74) is 0.526. The topological polar surface area (TPSA) is 43.9 Å². The van der Waals surface area contributed by atoms with Crippen LogP contribution in [-0.4, -0.2) is 72.3 Å². The van der Waals surface area contributed by atoms with Gasteiger partial charge >= 0.3 is 0 Å². The van der Waals surface area contributed by atoms with Gasteiger partial charge in [-0.05, 0) is 37.5 Å². The van der Waals surface area contributed by atoms with E-state index < -0.39 is 0 Å². The summed E-state index contributed by atoms with van der Waals surface area (Å²) in [6, 6.07) is 5.33. The van der Waals surface area contributed by atoms with Crippen molar-refractivity contribution in [2.75, 3.05) is 45.8 Å². The summed E-state index contributed by atoms with van der Waals surface area (Å²) in [4.78, 5) is 31.1. The molecule has 25 heavy (non-hydrogen) atoms. The van der Waals surface area contributed by atoms with Crippen LogP contribution in [-0.2, 0) is 4.79 Å². The van der Waals surface area contributed by atoms with Gasteiger partial charge in [0.1, 0.15) is 0 Å². The molecule has 0 unspecified atom stereocenters. The average molecular weight is 429 g/mol. The maximum absolute atomic E-state index is 12.8. The minimum absolute atomic E-state index is 0.0426. The van der Waals surface area contributed by atoms with Crippen LogP contribution in [0.15, 0.2) is 22.7 Å². The zero-order chi connectivity index (χ0) is 17.8. The van der Waals surface area contributed by atoms with Crippen molar-refractivity contribution in [2.45, 2.75) is 19.3 Å². The lowest BCUT2D eigenvalue weighted by Crippen LogP contribution is -2.41. The standard InChI is InChI=1S/C18H23BrClN3O2/c19-14-4-5-16(20)15(12-14)18(25)23-9-3-6-21(10-11-23)13-17(24)22-7-1-2-8-22/h4-5,12H,1-3,6-11,13H2. The van der Waals surface area contributed by atoms with E-state index in [0.717, 1.165) is 49.9 Å². The van der Waals surface area contributed by atoms with Crippen LogP contribution in [0.1, 0.15) is 29.6 Å². The van der Waals surface area contributed by atoms with E-state index in [2.05, 4.69) is 20.8 Å². The van der Waals surface area contributed by atoms with Crippen molar-refractivity contribution >= 4 is 39.3 Å². The molecule has 2 aliphatic rings. The highest BCUT2D eigenvalue weighted by atomic mass is 79.9. The Morgan fingerprint density at radius 3 is 2.44 bits per heavy atom. The summed E-state index contributed by atoms with van der Waals surface area (Å²) in [7, 11) is 0. The largest absolute Gasteiger partial charge is 0.342 e. The third-order valence-electron chi connectivity index (χ3n) is 4.85. The molecule has 3 rings (SSSR count). The lowest BCUT2D eigenvalue weighted by atomic mass is 10.2. The van der Waals surface area contributed by atoms with E-state index in [4.69, 9.17) is 11.6 Å². The number of halogens is 2. The second kappa shape index (κ2) is 8.52. The Morgan fingerprint density at radius 1 is 0.960 bits per heavy atom. The molecular weight excluding hydrogens is 406 g/mol. The normalized spacial score (nSPS) is 19.1. The van der Waals surface area contributed by atoms with E-state index in [0.29, 0.717) is 30.2 Å². The summed E-state index contributed by atoms with van der Waals surface area (Å²) >= 11 is 9.59. The molecule has 0 bridgehead atoms. The lowest BCUT2D eigenvalue weighted by molar-refractivity contribution is -0.131. The highest BCUT2D eigenvalue weighted by Gasteiger charge is 2.25. The molecule has 2 saturated heterocycles. The smallest absolute Gasteiger partial charge is 0.255 e. The molecule has 0 atom stereocenters. The highest BCUT2D eigenvalue weighted by Crippen LogP contribution is 2.23. The Labute approximate surface area is 162 Å². The maximum atomic E-state index is 12.8. The van der Waals surface area contributed by atoms with Crippen molar-refractivity contribution in [3.8, 4) is 0 Å². The van der Waals surface area contributed by atoms with Crippen molar-refractivity contribution in [3.05, 3.63) is 33.3 Å². The summed E-state index contributed by atoms with van der Waals surface area (Å²) in [5, 5.41) is 0.471. The molecule has 2 heterocycles. The van der Waals surface area contributed by atoms with Gasteiger partial charge in [0.15, 0.2) is 0 Å². The van der Waals surface area contributed by atoms with E-state index in [-0.39, 0.29) is 11.8 Å². The molecular formula is C18H23BrClN3O2. The third-order valence-corrected chi connectivity index (χ3v) is 5.68. The maximum Gasteiger partial charge on any atom is 0.255 e. The fraction of sp³-hybridized carbons (Fsp3) is 0.556. The van der Waals surface area contributed by atoms with Gasteiger partial charge in [-0.3, -0.25) is 14.5 Å². The van der Waals surface area contributed by atoms with Gasteiger partial charge in [-0.2, -0.15) is 0 Å². The van der Waals surface area contributed by atoms with E-state index >= 15 is 0 Å². The molecule has 0 spiro atoms. The van der Waals surface area contributed by atoms with E-state index in [1.165, 1.54) is 0 Å². The predicted molar refractivity (Wildman–Crippen MR) is 102 cm³/mol. The average Bonchev–Trinajstić information content (AvgIpc) is 3.04. The first-order valence-electron chi connectivity index (χ1n) is 8.79. The van der Waals surface area contributed by atoms with Gasteiger partial charge < -0.3 is 9.80 Å². The first-order chi connectivity index (χ1) is 12.0. The van der Waals surface area contributed by atoms with Crippen molar-refractivity contribution < 1.29 is 9.59 Å². The van der Waals surface area contributed by atoms with Crippen molar-refractivity contribution in [1.29, 1.82) is 0 Å². The second-order valence-corrected chi connectivity index (χ2v) is 7.96. The molecule has 0 aliphatic carbocycles. The van der Waals surface area contributed by atoms with Gasteiger partial charge in [0.2, 0.25) is 5.91 Å². The number of amides is 2. The van der Waals surface area contributed by atoms with Gasteiger partial charge in [-0.25, -0.2) is 0 Å². The number of carbonyl (C=O) groups is 2. The zero-order valence-electron chi connectivity index (χ0n) is 14.2. The molecule has 1 aromatic rings. The number of likely N-dealkylation sites (tertiary alicyclic amines) is 1. The van der Waals surface area contributed by atoms with Crippen LogP contribution in [0.25, 0.3) is 0 Å². The molecule has 0 N–H and O–H groups in total. The van der Waals surface area contributed by atoms with Crippen LogP contribution in [0.2, 0.25) is 5.02 Å². The number of hydrogen-bond acceptors (Lipinski definition) is 3. The summed E-state index contributed by atoms with van der Waals surface area (Å²) in [6.07, 6.45) is 3.09. The molecule has 0 radical (unpaired) electrons. The van der Waals surface area contributed by atoms with Crippen molar-refractivity contribution in [3.63, 3.8) is 0 Å². The van der Waals surface area contributed by atoms with Crippen LogP contribution in [0, 0.1) is 0 Å². The Bertz CT molecular complexity index is 649. The zero-order valence-corrected chi connectivity index (χ0v) is 16.6. The lowest BCUT2D eigenvalue weighted by Gasteiger charge is -2.24. The van der Waals surface area contributed by atoms with Gasteiger partial charge in [-0.15, -0.1) is 0 Å². The molecule has 2 aliphatic heterocycles. The molecule has 0 saturated carbocycles. The molecule has 0 aromatic heterocycles. The Balaban J connectivity index is 1.58. The predicted octanol–water partition coefficient (Wildman–Crippen LogP) is 2.87. The Hall–Kier alpha value is -1.11.